The van der Waals surface area contributed by atoms with E-state index in [0.29, 0.717) is 5.56 Å². The first-order valence-corrected chi connectivity index (χ1v) is 4.37. The Morgan fingerprint density at radius 2 is 2.21 bits per heavy atom. The first kappa shape index (κ1) is 8.81. The van der Waals surface area contributed by atoms with Gasteiger partial charge in [-0.25, -0.2) is 4.79 Å². The van der Waals surface area contributed by atoms with Crippen molar-refractivity contribution in [2.24, 2.45) is 0 Å². The van der Waals surface area contributed by atoms with Gasteiger partial charge in [-0.3, -0.25) is 0 Å². The zero-order valence-corrected chi connectivity index (χ0v) is 8.15. The highest BCUT2D eigenvalue weighted by Crippen LogP contribution is 2.12. The molecule has 0 fully saturated rings. The average molecular weight is 189 g/mol. The fourth-order valence-corrected chi connectivity index (χ4v) is 1.45. The van der Waals surface area contributed by atoms with E-state index in [9.17, 15) is 4.79 Å². The van der Waals surface area contributed by atoms with Crippen LogP contribution in [0.15, 0.2) is 30.6 Å². The van der Waals surface area contributed by atoms with E-state index in [1.54, 1.807) is 6.20 Å². The van der Waals surface area contributed by atoms with Crippen LogP contribution in [0.4, 0.5) is 0 Å². The summed E-state index contributed by atoms with van der Waals surface area (Å²) in [4.78, 5) is 11.2. The molecule has 14 heavy (non-hydrogen) atoms. The van der Waals surface area contributed by atoms with Gasteiger partial charge in [0.15, 0.2) is 0 Å². The number of nitrogens with zero attached hydrogens (tertiary/aromatic N) is 1. The molecule has 0 amide bonds. The number of fused-ring (bicyclic) bond motifs is 1. The lowest BCUT2D eigenvalue weighted by Gasteiger charge is -1.94. The minimum Gasteiger partial charge on any atom is -0.465 e. The molecule has 2 rings (SSSR count). The van der Waals surface area contributed by atoms with Crippen LogP contribution in [-0.4, -0.2) is 17.5 Å². The highest BCUT2D eigenvalue weighted by molar-refractivity contribution is 5.91. The Labute approximate surface area is 81.9 Å². The third-order valence-corrected chi connectivity index (χ3v) is 2.17. The molecule has 0 saturated heterocycles. The van der Waals surface area contributed by atoms with Gasteiger partial charge >= 0.3 is 5.97 Å². The second-order valence-corrected chi connectivity index (χ2v) is 3.26. The van der Waals surface area contributed by atoms with Crippen molar-refractivity contribution in [3.8, 4) is 0 Å². The molecule has 0 spiro atoms. The molecular formula is C11H11NO2. The maximum Gasteiger partial charge on any atom is 0.339 e. The summed E-state index contributed by atoms with van der Waals surface area (Å²) < 4.78 is 6.55. The topological polar surface area (TPSA) is 30.7 Å². The molecule has 0 aromatic carbocycles. The normalized spacial score (nSPS) is 10.4. The summed E-state index contributed by atoms with van der Waals surface area (Å²) in [6.07, 6.45) is 3.69. The van der Waals surface area contributed by atoms with E-state index >= 15 is 0 Å². The summed E-state index contributed by atoms with van der Waals surface area (Å²) in [6.45, 7) is 2.02. The van der Waals surface area contributed by atoms with Crippen LogP contribution in [0.3, 0.4) is 0 Å². The molecule has 0 aliphatic carbocycles. The van der Waals surface area contributed by atoms with Crippen LogP contribution in [0.2, 0.25) is 0 Å². The maximum atomic E-state index is 11.2. The summed E-state index contributed by atoms with van der Waals surface area (Å²) in [7, 11) is 1.38. The monoisotopic (exact) mass is 189 g/mol. The number of aryl methyl sites for hydroxylation is 1. The number of esters is 1. The van der Waals surface area contributed by atoms with E-state index in [1.165, 1.54) is 12.7 Å². The largest absolute Gasteiger partial charge is 0.465 e. The molecule has 2 heterocycles. The minimum absolute atomic E-state index is 0.300. The summed E-state index contributed by atoms with van der Waals surface area (Å²) in [5.74, 6) is -0.300. The standard InChI is InChI=1S/C11H11NO2/c1-8-3-4-12-7-9(11(13)14-2)6-10(12)5-8/h3-7H,1-2H3. The van der Waals surface area contributed by atoms with E-state index in [2.05, 4.69) is 4.74 Å². The minimum atomic E-state index is -0.300. The highest BCUT2D eigenvalue weighted by atomic mass is 16.5. The van der Waals surface area contributed by atoms with Crippen LogP contribution >= 0.6 is 0 Å². The lowest BCUT2D eigenvalue weighted by molar-refractivity contribution is 0.0601. The van der Waals surface area contributed by atoms with Crippen molar-refractivity contribution in [1.29, 1.82) is 0 Å². The predicted molar refractivity (Wildman–Crippen MR) is 53.5 cm³/mol. The molecule has 0 unspecified atom stereocenters. The highest BCUT2D eigenvalue weighted by Gasteiger charge is 2.07. The molecule has 2 aromatic rings. The Hall–Kier alpha value is -1.77. The van der Waals surface area contributed by atoms with Crippen molar-refractivity contribution in [3.63, 3.8) is 0 Å². The number of carbonyl (C=O) groups excluding carboxylic acids is 1. The van der Waals surface area contributed by atoms with Gasteiger partial charge in [-0.15, -0.1) is 0 Å². The zero-order chi connectivity index (χ0) is 10.1. The van der Waals surface area contributed by atoms with Crippen LogP contribution in [0.1, 0.15) is 15.9 Å². The Kier molecular flexibility index (Phi) is 2.00. The van der Waals surface area contributed by atoms with E-state index in [4.69, 9.17) is 0 Å². The molecule has 0 radical (unpaired) electrons. The van der Waals surface area contributed by atoms with Crippen molar-refractivity contribution in [3.05, 3.63) is 41.7 Å². The second kappa shape index (κ2) is 3.18. The Morgan fingerprint density at radius 3 is 2.93 bits per heavy atom. The fourth-order valence-electron chi connectivity index (χ4n) is 1.45. The molecule has 3 nitrogen and oxygen atoms in total. The number of pyridine rings is 1. The van der Waals surface area contributed by atoms with Gasteiger partial charge in [-0.05, 0) is 30.7 Å². The smallest absolute Gasteiger partial charge is 0.339 e. The molecular weight excluding hydrogens is 178 g/mol. The van der Waals surface area contributed by atoms with Gasteiger partial charge < -0.3 is 9.14 Å². The molecule has 0 aliphatic rings. The summed E-state index contributed by atoms with van der Waals surface area (Å²) in [6, 6.07) is 5.83. The number of rotatable bonds is 1. The first-order valence-electron chi connectivity index (χ1n) is 4.37. The number of methoxy groups -OCH3 is 1. The second-order valence-electron chi connectivity index (χ2n) is 3.26. The van der Waals surface area contributed by atoms with E-state index in [0.717, 1.165) is 5.52 Å². The van der Waals surface area contributed by atoms with Gasteiger partial charge in [0.1, 0.15) is 0 Å². The van der Waals surface area contributed by atoms with Crippen molar-refractivity contribution >= 4 is 11.5 Å². The van der Waals surface area contributed by atoms with Gasteiger partial charge in [-0.2, -0.15) is 0 Å². The van der Waals surface area contributed by atoms with Crippen LogP contribution in [0.25, 0.3) is 5.52 Å². The molecule has 0 aliphatic heterocycles. The number of hydrogen-bond donors (Lipinski definition) is 0. The summed E-state index contributed by atoms with van der Waals surface area (Å²) in [5.41, 5.74) is 2.76. The van der Waals surface area contributed by atoms with Gasteiger partial charge in [0.25, 0.3) is 0 Å². The lowest BCUT2D eigenvalue weighted by Crippen LogP contribution is -1.98. The third kappa shape index (κ3) is 1.37. The van der Waals surface area contributed by atoms with Crippen molar-refractivity contribution in [2.75, 3.05) is 7.11 Å². The fraction of sp³-hybridized carbons (Fsp3) is 0.182. The molecule has 0 atom stereocenters. The third-order valence-electron chi connectivity index (χ3n) is 2.17. The van der Waals surface area contributed by atoms with Crippen molar-refractivity contribution in [1.82, 2.24) is 4.40 Å². The van der Waals surface area contributed by atoms with E-state index < -0.39 is 0 Å². The molecule has 3 heteroatoms. The van der Waals surface area contributed by atoms with Crippen LogP contribution in [0.5, 0.6) is 0 Å². The summed E-state index contributed by atoms with van der Waals surface area (Å²) >= 11 is 0. The first-order chi connectivity index (χ1) is 6.70. The molecule has 0 saturated carbocycles. The molecule has 0 N–H and O–H groups in total. The van der Waals surface area contributed by atoms with Gasteiger partial charge in [-0.1, -0.05) is 0 Å². The van der Waals surface area contributed by atoms with Crippen LogP contribution in [-0.2, 0) is 4.74 Å². The number of ether oxygens (including phenoxy) is 1. The van der Waals surface area contributed by atoms with Gasteiger partial charge in [0.2, 0.25) is 0 Å². The molecule has 0 bridgehead atoms. The summed E-state index contributed by atoms with van der Waals surface area (Å²) in [5, 5.41) is 0. The van der Waals surface area contributed by atoms with Crippen LogP contribution < -0.4 is 0 Å². The van der Waals surface area contributed by atoms with Crippen LogP contribution in [0, 0.1) is 6.92 Å². The van der Waals surface area contributed by atoms with E-state index in [1.807, 2.05) is 35.7 Å². The lowest BCUT2D eigenvalue weighted by atomic mass is 10.2. The van der Waals surface area contributed by atoms with E-state index in [-0.39, 0.29) is 5.97 Å². The number of hydrogen-bond acceptors (Lipinski definition) is 2. The quantitative estimate of drug-likeness (QED) is 0.643. The Morgan fingerprint density at radius 1 is 1.43 bits per heavy atom. The Balaban J connectivity index is 2.56. The Bertz CT molecular complexity index is 485. The molecule has 72 valence electrons. The molecule has 2 aromatic heterocycles. The number of carbonyl (C=O) groups is 1. The maximum absolute atomic E-state index is 11.2. The van der Waals surface area contributed by atoms with Gasteiger partial charge in [0, 0.05) is 17.9 Å². The predicted octanol–water partition coefficient (Wildman–Crippen LogP) is 2.03. The van der Waals surface area contributed by atoms with Gasteiger partial charge in [0.05, 0.1) is 12.7 Å². The van der Waals surface area contributed by atoms with Crippen molar-refractivity contribution in [2.45, 2.75) is 6.92 Å². The zero-order valence-electron chi connectivity index (χ0n) is 8.15. The number of aromatic nitrogens is 1. The SMILES string of the molecule is COC(=O)c1cc2cc(C)ccn2c1. The van der Waals surface area contributed by atoms with Crippen molar-refractivity contribution < 1.29 is 9.53 Å². The average Bonchev–Trinajstić information content (AvgIpc) is 2.59.